The molecule has 0 radical (unpaired) electrons. The fourth-order valence-electron chi connectivity index (χ4n) is 2.41. The van der Waals surface area contributed by atoms with Crippen LogP contribution in [0.4, 0.5) is 4.39 Å². The minimum Gasteiger partial charge on any atom is -0.343 e. The number of nitrogens with one attached hydrogen (secondary N) is 1. The fraction of sp³-hybridized carbons (Fsp3) is 0.375. The van der Waals surface area contributed by atoms with Crippen LogP contribution in [0.1, 0.15) is 12.0 Å². The van der Waals surface area contributed by atoms with Crippen LogP contribution in [-0.2, 0) is 19.4 Å². The zero-order valence-electron chi connectivity index (χ0n) is 13.2. The van der Waals surface area contributed by atoms with Crippen molar-refractivity contribution in [1.29, 1.82) is 0 Å². The van der Waals surface area contributed by atoms with Crippen molar-refractivity contribution in [2.75, 3.05) is 25.1 Å². The Kier molecular flexibility index (Phi) is 5.71. The summed E-state index contributed by atoms with van der Waals surface area (Å²) in [6.45, 7) is -0.223. The van der Waals surface area contributed by atoms with E-state index in [2.05, 4.69) is 5.32 Å². The molecule has 1 fully saturated rings. The van der Waals surface area contributed by atoms with Crippen LogP contribution in [0.25, 0.3) is 6.08 Å². The smallest absolute Gasteiger partial charge is 0.244 e. The van der Waals surface area contributed by atoms with E-state index in [0.717, 1.165) is 0 Å². The summed E-state index contributed by atoms with van der Waals surface area (Å²) in [6, 6.07) is 5.41. The Bertz CT molecular complexity index is 761. The maximum Gasteiger partial charge on any atom is 0.244 e. The molecule has 1 aliphatic heterocycles. The van der Waals surface area contributed by atoms with Gasteiger partial charge in [0.25, 0.3) is 0 Å². The highest BCUT2D eigenvalue weighted by Gasteiger charge is 2.32. The van der Waals surface area contributed by atoms with Crippen LogP contribution in [0.3, 0.4) is 0 Å². The molecule has 1 aliphatic rings. The molecule has 1 heterocycles. The lowest BCUT2D eigenvalue weighted by molar-refractivity contribution is -0.132. The minimum atomic E-state index is -3.07. The van der Waals surface area contributed by atoms with Crippen molar-refractivity contribution in [2.24, 2.45) is 0 Å². The van der Waals surface area contributed by atoms with Crippen LogP contribution >= 0.6 is 0 Å². The highest BCUT2D eigenvalue weighted by Crippen LogP contribution is 2.16. The van der Waals surface area contributed by atoms with Crippen molar-refractivity contribution in [3.05, 3.63) is 41.7 Å². The van der Waals surface area contributed by atoms with Crippen molar-refractivity contribution in [3.8, 4) is 0 Å². The van der Waals surface area contributed by atoms with Crippen molar-refractivity contribution >= 4 is 27.7 Å². The molecule has 1 N–H and O–H groups in total. The van der Waals surface area contributed by atoms with Crippen molar-refractivity contribution in [2.45, 2.75) is 12.5 Å². The second-order valence-electron chi connectivity index (χ2n) is 5.67. The predicted octanol–water partition coefficient (Wildman–Crippen LogP) is 0.601. The number of nitrogens with zero attached hydrogens (tertiary/aromatic N) is 1. The Hall–Kier alpha value is -2.22. The van der Waals surface area contributed by atoms with Gasteiger partial charge in [-0.15, -0.1) is 0 Å². The zero-order valence-corrected chi connectivity index (χ0v) is 14.1. The fourth-order valence-corrected chi connectivity index (χ4v) is 4.19. The number of benzene rings is 1. The van der Waals surface area contributed by atoms with Gasteiger partial charge in [0, 0.05) is 19.2 Å². The molecule has 6 nitrogen and oxygen atoms in total. The van der Waals surface area contributed by atoms with E-state index in [9.17, 15) is 22.4 Å². The highest BCUT2D eigenvalue weighted by atomic mass is 32.2. The molecule has 1 aromatic rings. The van der Waals surface area contributed by atoms with Gasteiger partial charge in [-0.1, -0.05) is 12.1 Å². The van der Waals surface area contributed by atoms with Gasteiger partial charge in [-0.3, -0.25) is 9.59 Å². The topological polar surface area (TPSA) is 83.6 Å². The summed E-state index contributed by atoms with van der Waals surface area (Å²) in [6.07, 6.45) is 3.07. The molecule has 1 atom stereocenters. The predicted molar refractivity (Wildman–Crippen MR) is 88.3 cm³/mol. The van der Waals surface area contributed by atoms with E-state index >= 15 is 0 Å². The molecule has 0 aliphatic carbocycles. The molecule has 2 rings (SSSR count). The van der Waals surface area contributed by atoms with Gasteiger partial charge in [0.2, 0.25) is 11.8 Å². The van der Waals surface area contributed by atoms with E-state index in [4.69, 9.17) is 0 Å². The standard InChI is InChI=1S/C16H19FN2O4S/c1-19(14-7-8-24(22,23)11-14)16(21)10-18-15(20)6-5-12-3-2-4-13(17)9-12/h2-6,9,14H,7-8,10-11H2,1H3,(H,18,20). The molecule has 0 spiro atoms. The molecule has 0 saturated carbocycles. The number of likely N-dealkylation sites (N-methyl/N-ethyl adjacent to an activating group) is 1. The van der Waals surface area contributed by atoms with Crippen molar-refractivity contribution in [1.82, 2.24) is 10.2 Å². The summed E-state index contributed by atoms with van der Waals surface area (Å²) in [5.74, 6) is -1.20. The lowest BCUT2D eigenvalue weighted by atomic mass is 10.2. The van der Waals surface area contributed by atoms with Crippen LogP contribution < -0.4 is 5.32 Å². The average molecular weight is 354 g/mol. The van der Waals surface area contributed by atoms with E-state index < -0.39 is 21.6 Å². The second kappa shape index (κ2) is 7.57. The van der Waals surface area contributed by atoms with Crippen LogP contribution in [0.15, 0.2) is 30.3 Å². The molecule has 0 aromatic heterocycles. The van der Waals surface area contributed by atoms with Crippen LogP contribution in [-0.4, -0.2) is 56.3 Å². The summed E-state index contributed by atoms with van der Waals surface area (Å²) in [5.41, 5.74) is 0.532. The number of carbonyl (C=O) groups is 2. The van der Waals surface area contributed by atoms with Crippen LogP contribution in [0, 0.1) is 5.82 Å². The maximum absolute atomic E-state index is 13.0. The zero-order chi connectivity index (χ0) is 17.7. The van der Waals surface area contributed by atoms with Gasteiger partial charge in [0.15, 0.2) is 9.84 Å². The largest absolute Gasteiger partial charge is 0.343 e. The molecule has 1 saturated heterocycles. The molecule has 2 amide bonds. The molecule has 1 aromatic carbocycles. The molecule has 1 unspecified atom stereocenters. The lowest BCUT2D eigenvalue weighted by Crippen LogP contribution is -2.43. The Morgan fingerprint density at radius 2 is 2.17 bits per heavy atom. The number of rotatable bonds is 5. The summed E-state index contributed by atoms with van der Waals surface area (Å²) in [7, 11) is -1.54. The molecule has 24 heavy (non-hydrogen) atoms. The lowest BCUT2D eigenvalue weighted by Gasteiger charge is -2.23. The summed E-state index contributed by atoms with van der Waals surface area (Å²) in [4.78, 5) is 25.1. The molecular weight excluding hydrogens is 335 g/mol. The van der Waals surface area contributed by atoms with Gasteiger partial charge >= 0.3 is 0 Å². The number of hydrogen-bond acceptors (Lipinski definition) is 4. The number of sulfone groups is 1. The van der Waals surface area contributed by atoms with Gasteiger partial charge in [0.1, 0.15) is 5.82 Å². The van der Waals surface area contributed by atoms with E-state index in [1.807, 2.05) is 0 Å². The first-order valence-electron chi connectivity index (χ1n) is 7.44. The van der Waals surface area contributed by atoms with Gasteiger partial charge in [-0.25, -0.2) is 12.8 Å². The van der Waals surface area contributed by atoms with E-state index in [0.29, 0.717) is 12.0 Å². The quantitative estimate of drug-likeness (QED) is 0.785. The third-order valence-electron chi connectivity index (χ3n) is 3.84. The normalized spacial score (nSPS) is 19.3. The number of hydrogen-bond donors (Lipinski definition) is 1. The summed E-state index contributed by atoms with van der Waals surface area (Å²) >= 11 is 0. The van der Waals surface area contributed by atoms with Crippen molar-refractivity contribution in [3.63, 3.8) is 0 Å². The summed E-state index contributed by atoms with van der Waals surface area (Å²) < 4.78 is 35.9. The Morgan fingerprint density at radius 3 is 2.79 bits per heavy atom. The van der Waals surface area contributed by atoms with Gasteiger partial charge in [-0.2, -0.15) is 0 Å². The first kappa shape index (κ1) is 18.1. The minimum absolute atomic E-state index is 0.0390. The van der Waals surface area contributed by atoms with Gasteiger partial charge in [0.05, 0.1) is 18.1 Å². The first-order chi connectivity index (χ1) is 11.3. The van der Waals surface area contributed by atoms with Gasteiger partial charge in [-0.05, 0) is 30.2 Å². The second-order valence-corrected chi connectivity index (χ2v) is 7.90. The molecule has 8 heteroatoms. The number of halogens is 1. The van der Waals surface area contributed by atoms with Crippen LogP contribution in [0.5, 0.6) is 0 Å². The Morgan fingerprint density at radius 1 is 1.42 bits per heavy atom. The molecule has 0 bridgehead atoms. The van der Waals surface area contributed by atoms with E-state index in [-0.39, 0.29) is 30.0 Å². The van der Waals surface area contributed by atoms with Crippen LogP contribution in [0.2, 0.25) is 0 Å². The van der Waals surface area contributed by atoms with E-state index in [1.54, 1.807) is 6.07 Å². The third kappa shape index (κ3) is 5.16. The Labute approximate surface area is 140 Å². The monoisotopic (exact) mass is 354 g/mol. The van der Waals surface area contributed by atoms with E-state index in [1.165, 1.54) is 42.3 Å². The number of amides is 2. The third-order valence-corrected chi connectivity index (χ3v) is 5.59. The highest BCUT2D eigenvalue weighted by molar-refractivity contribution is 7.91. The van der Waals surface area contributed by atoms with Crippen molar-refractivity contribution < 1.29 is 22.4 Å². The maximum atomic E-state index is 13.0. The average Bonchev–Trinajstić information content (AvgIpc) is 2.90. The summed E-state index contributed by atoms with van der Waals surface area (Å²) in [5, 5.41) is 2.43. The SMILES string of the molecule is CN(C(=O)CNC(=O)C=Cc1cccc(F)c1)C1CCS(=O)(=O)C1. The molecular formula is C16H19FN2O4S. The number of carbonyl (C=O) groups excluding carboxylic acids is 2. The first-order valence-corrected chi connectivity index (χ1v) is 9.26. The Balaban J connectivity index is 1.82. The van der Waals surface area contributed by atoms with Gasteiger partial charge < -0.3 is 10.2 Å². The molecule has 130 valence electrons.